The number of carbonyl (C=O) groups excluding carboxylic acids is 10. The monoisotopic (exact) mass is 1190 g/mol. The molecule has 25 nitrogen and oxygen atoms in total. The Balaban J connectivity index is 1.37. The van der Waals surface area contributed by atoms with Crippen LogP contribution in [0.5, 0.6) is 0 Å². The topological polar surface area (TPSA) is 360 Å². The quantitative estimate of drug-likeness (QED) is 0.0422. The van der Waals surface area contributed by atoms with Crippen LogP contribution in [0.25, 0.3) is 0 Å². The van der Waals surface area contributed by atoms with Crippen LogP contribution in [-0.2, 0) is 81.1 Å². The first kappa shape index (κ1) is 64.6. The number of nitrogens with one attached hydrogen (secondary N) is 2. The van der Waals surface area contributed by atoms with Gasteiger partial charge in [0, 0.05) is 81.0 Å². The minimum absolute atomic E-state index is 0.00294. The van der Waals surface area contributed by atoms with Gasteiger partial charge in [0.1, 0.15) is 47.9 Å². The van der Waals surface area contributed by atoms with Crippen molar-refractivity contribution in [2.45, 2.75) is 174 Å². The Bertz CT molecular complexity index is 3020. The highest BCUT2D eigenvalue weighted by Gasteiger charge is 2.79. The second kappa shape index (κ2) is 25.7. The SMILES string of the molecule is CCC(=O)O[C@H]1C[C@H]2OC[C@@]2(OC(C)=O)[C@H]2[C@H](OC(=O)c3ccccc3)[C@]3(O)C[C@H](OC(=O)[C@H](OC(=O)CC)[C@@H](NC(=O)[C@@H](CCC(=O)O)NC(=O)C[C@H]4C(=O)C[C@@H](C)[C@@H]4C[N+](=O)[O-])c4ccccc4)C(C)=C([C@@H](OC(C)=O)C(=O)[C@]12C)C3(C)C. The lowest BCUT2D eigenvalue weighted by Crippen LogP contribution is -2.82. The molecule has 2 bridgehead atoms. The number of carboxylic acid groups (broad SMARTS) is 1. The van der Waals surface area contributed by atoms with Gasteiger partial charge in [-0.15, -0.1) is 0 Å². The molecule has 2 aromatic rings. The van der Waals surface area contributed by atoms with Crippen molar-refractivity contribution in [3.63, 3.8) is 0 Å². The zero-order valence-electron chi connectivity index (χ0n) is 48.8. The number of hydrogen-bond donors (Lipinski definition) is 4. The molecule has 1 heterocycles. The smallest absolute Gasteiger partial charge is 0.350 e. The Morgan fingerprint density at radius 1 is 0.859 bits per heavy atom. The molecule has 25 heteroatoms. The largest absolute Gasteiger partial charge is 0.481 e. The van der Waals surface area contributed by atoms with Gasteiger partial charge in [0.05, 0.1) is 23.5 Å². The Morgan fingerprint density at radius 3 is 2.06 bits per heavy atom. The number of hydrogen-bond acceptors (Lipinski definition) is 21. The number of benzene rings is 2. The fraction of sp³-hybridized carbons (Fsp3) is 0.583. The lowest BCUT2D eigenvalue weighted by molar-refractivity contribution is -0.490. The third-order valence-electron chi connectivity index (χ3n) is 17.8. The van der Waals surface area contributed by atoms with Gasteiger partial charge in [0.15, 0.2) is 17.5 Å². The molecule has 3 saturated carbocycles. The summed E-state index contributed by atoms with van der Waals surface area (Å²) in [5.41, 5.74) is -8.70. The van der Waals surface area contributed by atoms with Gasteiger partial charge in [0.25, 0.3) is 0 Å². The summed E-state index contributed by atoms with van der Waals surface area (Å²) in [4.78, 5) is 164. The molecule has 85 heavy (non-hydrogen) atoms. The zero-order chi connectivity index (χ0) is 62.7. The summed E-state index contributed by atoms with van der Waals surface area (Å²) in [6.45, 7) is 11.4. The predicted octanol–water partition coefficient (Wildman–Crippen LogP) is 4.20. The summed E-state index contributed by atoms with van der Waals surface area (Å²) in [5.74, 6) is -14.9. The number of aliphatic carboxylic acids is 1. The molecule has 0 radical (unpaired) electrons. The number of carbonyl (C=O) groups is 11. The number of ketones is 2. The van der Waals surface area contributed by atoms with E-state index in [2.05, 4.69) is 10.6 Å². The van der Waals surface area contributed by atoms with Gasteiger partial charge in [-0.1, -0.05) is 83.1 Å². The Morgan fingerprint density at radius 2 is 1.49 bits per heavy atom. The van der Waals surface area contributed by atoms with E-state index in [-0.39, 0.29) is 48.0 Å². The van der Waals surface area contributed by atoms with Gasteiger partial charge < -0.3 is 54.0 Å². The number of amides is 2. The fourth-order valence-corrected chi connectivity index (χ4v) is 13.3. The summed E-state index contributed by atoms with van der Waals surface area (Å²) in [5, 5.41) is 40.6. The van der Waals surface area contributed by atoms with Crippen molar-refractivity contribution in [1.29, 1.82) is 0 Å². The molecule has 1 aliphatic heterocycles. The molecule has 5 aliphatic rings. The van der Waals surface area contributed by atoms with Crippen molar-refractivity contribution in [2.75, 3.05) is 13.2 Å². The number of nitrogens with zero attached hydrogens (tertiary/aromatic N) is 1. The van der Waals surface area contributed by atoms with Crippen molar-refractivity contribution in [3.8, 4) is 0 Å². The molecule has 4 aliphatic carbocycles. The maximum absolute atomic E-state index is 16.2. The summed E-state index contributed by atoms with van der Waals surface area (Å²) in [6, 6.07) is 11.6. The van der Waals surface area contributed by atoms with Gasteiger partial charge in [-0.3, -0.25) is 53.3 Å². The molecular weight excluding hydrogens is 1110 g/mol. The van der Waals surface area contributed by atoms with Crippen LogP contribution in [-0.4, -0.2) is 147 Å². The number of aliphatic hydroxyl groups is 1. The average molecular weight is 1190 g/mol. The third kappa shape index (κ3) is 12.9. The first-order valence-corrected chi connectivity index (χ1v) is 28.3. The van der Waals surface area contributed by atoms with E-state index >= 15 is 9.59 Å². The minimum atomic E-state index is -2.62. The molecule has 7 rings (SSSR count). The predicted molar refractivity (Wildman–Crippen MR) is 291 cm³/mol. The van der Waals surface area contributed by atoms with Crippen molar-refractivity contribution in [3.05, 3.63) is 93.1 Å². The minimum Gasteiger partial charge on any atom is -0.481 e. The lowest BCUT2D eigenvalue weighted by Gasteiger charge is -2.67. The molecular formula is C60H73N3O22. The molecule has 0 aromatic heterocycles. The second-order valence-corrected chi connectivity index (χ2v) is 23.3. The van der Waals surface area contributed by atoms with Crippen LogP contribution in [0.2, 0.25) is 0 Å². The number of fused-ring (bicyclic) bond motifs is 5. The first-order valence-electron chi connectivity index (χ1n) is 28.3. The zero-order valence-corrected chi connectivity index (χ0v) is 48.8. The standard InChI is InChI=1S/C60H73N3O22/c1-10-45(70)82-41-26-42-59(29-79-42,85-33(6)65)51-53(84-55(74)35-20-16-13-17-21-35)60(76)27-40(31(4)47(57(60,7)8)49(80-32(5)64)52(72)58(41,51)9)81-56(75)50(83-46(71)11-2)48(34-18-14-12-15-19-34)62-54(73)38(22-23-44(68)69)61-43(67)25-36-37(28-63(77)78)30(3)24-39(36)66/h12-21,30,36-38,40-42,48-51,53,76H,10-11,22-29H2,1-9H3,(H,61,67)(H,62,73)(H,68,69)/t30-,36-,37+,38-,40+,41+,42-,48+,49-,50-,51+,53+,58-,59+,60-/m1/s1. The summed E-state index contributed by atoms with van der Waals surface area (Å²) < 4.78 is 43.0. The van der Waals surface area contributed by atoms with Crippen LogP contribution in [0.1, 0.15) is 136 Å². The van der Waals surface area contributed by atoms with Crippen LogP contribution >= 0.6 is 0 Å². The maximum Gasteiger partial charge on any atom is 0.350 e. The van der Waals surface area contributed by atoms with Gasteiger partial charge in [-0.2, -0.15) is 0 Å². The molecule has 15 atom stereocenters. The highest BCUT2D eigenvalue weighted by molar-refractivity contribution is 5.96. The number of ether oxygens (including phenoxy) is 7. The second-order valence-electron chi connectivity index (χ2n) is 23.3. The van der Waals surface area contributed by atoms with Gasteiger partial charge >= 0.3 is 41.8 Å². The summed E-state index contributed by atoms with van der Waals surface area (Å²) >= 11 is 0. The Kier molecular flexibility index (Phi) is 19.6. The van der Waals surface area contributed by atoms with Crippen LogP contribution in [0.4, 0.5) is 0 Å². The van der Waals surface area contributed by atoms with Crippen LogP contribution in [0.3, 0.4) is 0 Å². The van der Waals surface area contributed by atoms with Crippen molar-refractivity contribution >= 4 is 65.2 Å². The van der Waals surface area contributed by atoms with Crippen LogP contribution < -0.4 is 10.6 Å². The number of nitro groups is 1. The fourth-order valence-electron chi connectivity index (χ4n) is 13.3. The molecule has 0 unspecified atom stereocenters. The highest BCUT2D eigenvalue weighted by Crippen LogP contribution is 2.65. The molecule has 0 spiro atoms. The average Bonchev–Trinajstić information content (AvgIpc) is 0.945. The third-order valence-corrected chi connectivity index (χ3v) is 17.8. The van der Waals surface area contributed by atoms with Crippen LogP contribution in [0.15, 0.2) is 71.8 Å². The Labute approximate surface area is 489 Å². The lowest BCUT2D eigenvalue weighted by atomic mass is 9.44. The van der Waals surface area contributed by atoms with Gasteiger partial charge in [-0.05, 0) is 55.0 Å². The number of Topliss-reactive ketones (excluding diaryl/α,β-unsaturated/α-hetero) is 2. The molecule has 460 valence electrons. The van der Waals surface area contributed by atoms with E-state index in [4.69, 9.17) is 33.2 Å². The number of esters is 6. The van der Waals surface area contributed by atoms with E-state index in [1.165, 1.54) is 77.9 Å². The van der Waals surface area contributed by atoms with Crippen molar-refractivity contribution in [1.82, 2.24) is 10.6 Å². The van der Waals surface area contributed by atoms with E-state index in [0.717, 1.165) is 13.8 Å². The molecule has 1 saturated heterocycles. The van der Waals surface area contributed by atoms with E-state index in [1.54, 1.807) is 31.2 Å². The number of carboxylic acids is 1. The van der Waals surface area contributed by atoms with Gasteiger partial charge in [0.2, 0.25) is 24.5 Å². The van der Waals surface area contributed by atoms with Gasteiger partial charge in [-0.25, -0.2) is 9.59 Å². The first-order chi connectivity index (χ1) is 39.9. The maximum atomic E-state index is 16.2. The van der Waals surface area contributed by atoms with Crippen molar-refractivity contribution < 1.29 is 101 Å². The van der Waals surface area contributed by atoms with E-state index in [0.29, 0.717) is 0 Å². The molecule has 4 N–H and O–H groups in total. The normalized spacial score (nSPS) is 30.1. The number of rotatable bonds is 22. The van der Waals surface area contributed by atoms with Crippen molar-refractivity contribution in [2.24, 2.45) is 34.5 Å². The van der Waals surface area contributed by atoms with Crippen LogP contribution in [0, 0.1) is 44.6 Å². The summed E-state index contributed by atoms with van der Waals surface area (Å²) in [6.07, 6.45) is -14.0. The highest BCUT2D eigenvalue weighted by atomic mass is 16.6. The molecule has 2 amide bonds. The summed E-state index contributed by atoms with van der Waals surface area (Å²) in [7, 11) is 0. The molecule has 4 fully saturated rings. The van der Waals surface area contributed by atoms with E-state index in [1.807, 2.05) is 0 Å². The Hall–Kier alpha value is -7.93. The molecule has 2 aromatic carbocycles. The van der Waals surface area contributed by atoms with E-state index in [9.17, 15) is 63.5 Å². The van der Waals surface area contributed by atoms with E-state index < -0.39 is 203 Å².